The molecule has 3 rings (SSSR count). The predicted octanol–water partition coefficient (Wildman–Crippen LogP) is 1.40. The number of hydrogen-bond acceptors (Lipinski definition) is 7. The van der Waals surface area contributed by atoms with Crippen molar-refractivity contribution in [3.05, 3.63) is 54.4 Å². The van der Waals surface area contributed by atoms with E-state index in [0.29, 0.717) is 38.5 Å². The van der Waals surface area contributed by atoms with Gasteiger partial charge in [-0.15, -0.1) is 0 Å². The Morgan fingerprint density at radius 1 is 0.967 bits per heavy atom. The van der Waals surface area contributed by atoms with Gasteiger partial charge >= 0.3 is 0 Å². The second-order valence-electron chi connectivity index (χ2n) is 7.06. The lowest BCUT2D eigenvalue weighted by Crippen LogP contribution is -2.48. The number of nitrogens with zero attached hydrogens (tertiary/aromatic N) is 3. The van der Waals surface area contributed by atoms with Crippen molar-refractivity contribution in [1.82, 2.24) is 14.2 Å². The summed E-state index contributed by atoms with van der Waals surface area (Å²) in [6.07, 6.45) is 1.76. The third-order valence-electron chi connectivity index (χ3n) is 5.01. The minimum atomic E-state index is -3.58. The quantitative estimate of drug-likeness (QED) is 0.566. The van der Waals surface area contributed by atoms with E-state index in [9.17, 15) is 16.8 Å². The zero-order chi connectivity index (χ0) is 21.6. The van der Waals surface area contributed by atoms with Gasteiger partial charge in [0.1, 0.15) is 12.4 Å². The van der Waals surface area contributed by atoms with E-state index in [4.69, 9.17) is 4.74 Å². The monoisotopic (exact) mass is 453 g/mol. The zero-order valence-corrected chi connectivity index (χ0v) is 18.6. The Kier molecular flexibility index (Phi) is 7.45. The fourth-order valence-electron chi connectivity index (χ4n) is 3.14. The maximum absolute atomic E-state index is 12.9. The lowest BCUT2D eigenvalue weighted by molar-refractivity contribution is 0.180. The van der Waals surface area contributed by atoms with Gasteiger partial charge in [-0.3, -0.25) is 9.88 Å². The van der Waals surface area contributed by atoms with E-state index >= 15 is 0 Å². The second-order valence-corrected chi connectivity index (χ2v) is 11.5. The van der Waals surface area contributed by atoms with Crippen LogP contribution in [0, 0.1) is 0 Å². The molecule has 0 unspecified atom stereocenters. The van der Waals surface area contributed by atoms with Crippen molar-refractivity contribution in [2.24, 2.45) is 0 Å². The molecule has 0 amide bonds. The first-order valence-electron chi connectivity index (χ1n) is 9.86. The third kappa shape index (κ3) is 6.00. The summed E-state index contributed by atoms with van der Waals surface area (Å²) in [6.45, 7) is 4.46. The van der Waals surface area contributed by atoms with Gasteiger partial charge in [-0.05, 0) is 36.4 Å². The highest BCUT2D eigenvalue weighted by molar-refractivity contribution is 7.91. The molecule has 2 heterocycles. The van der Waals surface area contributed by atoms with E-state index < -0.39 is 19.9 Å². The van der Waals surface area contributed by atoms with Crippen molar-refractivity contribution in [3.63, 3.8) is 0 Å². The molecular formula is C20H27N3O5S2. The maximum Gasteiger partial charge on any atom is 0.243 e. The number of piperazine rings is 1. The molecule has 0 spiro atoms. The van der Waals surface area contributed by atoms with Crippen LogP contribution in [0.5, 0.6) is 5.75 Å². The number of hydrogen-bond donors (Lipinski definition) is 0. The Labute approximate surface area is 178 Å². The van der Waals surface area contributed by atoms with Crippen LogP contribution in [0.15, 0.2) is 53.6 Å². The smallest absolute Gasteiger partial charge is 0.243 e. The van der Waals surface area contributed by atoms with Crippen molar-refractivity contribution in [1.29, 1.82) is 0 Å². The summed E-state index contributed by atoms with van der Waals surface area (Å²) in [5.41, 5.74) is 0.969. The summed E-state index contributed by atoms with van der Waals surface area (Å²) in [4.78, 5) is 6.71. The molecule has 0 saturated carbocycles. The van der Waals surface area contributed by atoms with E-state index in [1.165, 1.54) is 16.4 Å². The molecule has 0 N–H and O–H groups in total. The largest absolute Gasteiger partial charge is 0.493 e. The van der Waals surface area contributed by atoms with Crippen LogP contribution in [0.25, 0.3) is 0 Å². The van der Waals surface area contributed by atoms with Gasteiger partial charge in [-0.25, -0.2) is 16.8 Å². The predicted molar refractivity (Wildman–Crippen MR) is 115 cm³/mol. The minimum absolute atomic E-state index is 0.0422. The molecule has 0 bridgehead atoms. The average Bonchev–Trinajstić information content (AvgIpc) is 2.75. The molecule has 0 atom stereocenters. The van der Waals surface area contributed by atoms with Crippen molar-refractivity contribution in [2.45, 2.75) is 18.4 Å². The third-order valence-corrected chi connectivity index (χ3v) is 8.59. The highest BCUT2D eigenvalue weighted by Crippen LogP contribution is 2.21. The Bertz CT molecular complexity index is 1020. The average molecular weight is 454 g/mol. The summed E-state index contributed by atoms with van der Waals surface area (Å²) in [5.74, 6) is 0.454. The first-order valence-corrected chi connectivity index (χ1v) is 13.1. The van der Waals surface area contributed by atoms with Gasteiger partial charge in [0.15, 0.2) is 9.84 Å². The minimum Gasteiger partial charge on any atom is -0.493 e. The molecule has 8 nitrogen and oxygen atoms in total. The van der Waals surface area contributed by atoms with E-state index in [-0.39, 0.29) is 23.0 Å². The van der Waals surface area contributed by atoms with Gasteiger partial charge in [0.2, 0.25) is 10.0 Å². The maximum atomic E-state index is 12.9. The molecule has 1 fully saturated rings. The van der Waals surface area contributed by atoms with E-state index in [0.717, 1.165) is 5.69 Å². The first kappa shape index (κ1) is 22.7. The van der Waals surface area contributed by atoms with Crippen molar-refractivity contribution < 1.29 is 21.6 Å². The van der Waals surface area contributed by atoms with Gasteiger partial charge in [0.05, 0.1) is 16.3 Å². The molecule has 1 aliphatic heterocycles. The Hall–Kier alpha value is -2.01. The van der Waals surface area contributed by atoms with Gasteiger partial charge in [-0.2, -0.15) is 4.31 Å². The Morgan fingerprint density at radius 3 is 2.27 bits per heavy atom. The lowest BCUT2D eigenvalue weighted by Gasteiger charge is -2.33. The number of benzene rings is 1. The van der Waals surface area contributed by atoms with Crippen LogP contribution in [-0.2, 0) is 26.4 Å². The van der Waals surface area contributed by atoms with E-state index in [2.05, 4.69) is 9.88 Å². The topological polar surface area (TPSA) is 96.9 Å². The molecule has 0 aliphatic carbocycles. The Morgan fingerprint density at radius 2 is 1.67 bits per heavy atom. The molecule has 30 heavy (non-hydrogen) atoms. The number of sulfone groups is 1. The van der Waals surface area contributed by atoms with Crippen LogP contribution in [0.2, 0.25) is 0 Å². The number of pyridine rings is 1. The highest BCUT2D eigenvalue weighted by Gasteiger charge is 2.28. The van der Waals surface area contributed by atoms with Gasteiger partial charge in [0.25, 0.3) is 0 Å². The van der Waals surface area contributed by atoms with Crippen molar-refractivity contribution in [2.75, 3.05) is 44.3 Å². The van der Waals surface area contributed by atoms with E-state index in [1.54, 1.807) is 25.3 Å². The fourth-order valence-corrected chi connectivity index (χ4v) is 5.18. The van der Waals surface area contributed by atoms with Crippen LogP contribution in [0.3, 0.4) is 0 Å². The molecule has 0 radical (unpaired) electrons. The van der Waals surface area contributed by atoms with Crippen LogP contribution in [-0.4, -0.2) is 75.3 Å². The molecule has 1 aliphatic rings. The van der Waals surface area contributed by atoms with Crippen LogP contribution >= 0.6 is 0 Å². The second kappa shape index (κ2) is 9.86. The number of aromatic nitrogens is 1. The van der Waals surface area contributed by atoms with E-state index in [1.807, 2.05) is 18.2 Å². The van der Waals surface area contributed by atoms with Gasteiger partial charge < -0.3 is 4.74 Å². The van der Waals surface area contributed by atoms with Crippen LogP contribution in [0.1, 0.15) is 12.6 Å². The summed E-state index contributed by atoms with van der Waals surface area (Å²) in [6, 6.07) is 11.9. The summed E-state index contributed by atoms with van der Waals surface area (Å²) >= 11 is 0. The summed E-state index contributed by atoms with van der Waals surface area (Å²) < 4.78 is 55.8. The molecular weight excluding hydrogens is 426 g/mol. The summed E-state index contributed by atoms with van der Waals surface area (Å²) in [5, 5.41) is 0. The van der Waals surface area contributed by atoms with Gasteiger partial charge in [-0.1, -0.05) is 13.0 Å². The number of rotatable bonds is 9. The van der Waals surface area contributed by atoms with Gasteiger partial charge in [0, 0.05) is 44.7 Å². The SMILES string of the molecule is CCS(=O)(=O)CCOc1ccc(S(=O)(=O)N2CCN(Cc3ccccn3)CC2)cc1. The number of ether oxygens (including phenoxy) is 1. The molecule has 1 saturated heterocycles. The Balaban J connectivity index is 1.54. The molecule has 1 aromatic heterocycles. The van der Waals surface area contributed by atoms with Crippen LogP contribution < -0.4 is 4.74 Å². The zero-order valence-electron chi connectivity index (χ0n) is 17.0. The number of sulfonamides is 1. The fraction of sp³-hybridized carbons (Fsp3) is 0.450. The highest BCUT2D eigenvalue weighted by atomic mass is 32.2. The molecule has 10 heteroatoms. The summed E-state index contributed by atoms with van der Waals surface area (Å²) in [7, 11) is -6.68. The molecule has 2 aromatic rings. The normalized spacial score (nSPS) is 16.4. The van der Waals surface area contributed by atoms with Crippen LogP contribution in [0.4, 0.5) is 0 Å². The first-order chi connectivity index (χ1) is 14.3. The van der Waals surface area contributed by atoms with Crippen molar-refractivity contribution in [3.8, 4) is 5.75 Å². The lowest BCUT2D eigenvalue weighted by atomic mass is 10.3. The standard InChI is InChI=1S/C20H27N3O5S2/c1-2-29(24,25)16-15-28-19-6-8-20(9-7-19)30(26,27)23-13-11-22(12-14-23)17-18-5-3-4-10-21-18/h3-10H,2,11-17H2,1H3. The molecule has 1 aromatic carbocycles. The van der Waals surface area contributed by atoms with Crippen molar-refractivity contribution >= 4 is 19.9 Å². The molecule has 164 valence electrons.